The van der Waals surface area contributed by atoms with Crippen molar-refractivity contribution in [2.45, 2.75) is 51.7 Å². The standard InChI is InChI=1S/C24H27NO7/c1-17(26)29-22-14-13-21(31-24(22)30-18(2)27)16-25(15-19-9-5-3-6-10-19)32-23(28)20-11-7-4-8-12-20/h3-12,21-22,24H,13-16H2,1-2H3/t21-,22?,24?/m0/s1. The maximum atomic E-state index is 12.6. The third-order valence-electron chi connectivity index (χ3n) is 4.83. The lowest BCUT2D eigenvalue weighted by Gasteiger charge is -2.36. The molecule has 0 N–H and O–H groups in total. The summed E-state index contributed by atoms with van der Waals surface area (Å²) in [7, 11) is 0. The molecule has 1 aliphatic rings. The van der Waals surface area contributed by atoms with E-state index in [-0.39, 0.29) is 6.54 Å². The summed E-state index contributed by atoms with van der Waals surface area (Å²) < 4.78 is 16.4. The van der Waals surface area contributed by atoms with E-state index in [1.165, 1.54) is 18.9 Å². The highest BCUT2D eigenvalue weighted by Gasteiger charge is 2.37. The summed E-state index contributed by atoms with van der Waals surface area (Å²) in [6.07, 6.45) is -1.11. The van der Waals surface area contributed by atoms with Crippen molar-refractivity contribution >= 4 is 17.9 Å². The van der Waals surface area contributed by atoms with Crippen LogP contribution in [0.15, 0.2) is 60.7 Å². The summed E-state index contributed by atoms with van der Waals surface area (Å²) in [5.41, 5.74) is 1.39. The smallest absolute Gasteiger partial charge is 0.357 e. The van der Waals surface area contributed by atoms with Gasteiger partial charge in [0.25, 0.3) is 0 Å². The Bertz CT molecular complexity index is 903. The molecule has 3 rings (SSSR count). The average molecular weight is 441 g/mol. The van der Waals surface area contributed by atoms with Gasteiger partial charge in [0.05, 0.1) is 24.8 Å². The van der Waals surface area contributed by atoms with E-state index in [0.717, 1.165) is 5.56 Å². The number of carbonyl (C=O) groups excluding carboxylic acids is 3. The van der Waals surface area contributed by atoms with Gasteiger partial charge in [0.1, 0.15) is 0 Å². The molecule has 1 aliphatic heterocycles. The molecular formula is C24H27NO7. The highest BCUT2D eigenvalue weighted by Crippen LogP contribution is 2.25. The number of nitrogens with zero attached hydrogens (tertiary/aromatic N) is 1. The molecule has 2 unspecified atom stereocenters. The Hall–Kier alpha value is -3.23. The Labute approximate surface area is 187 Å². The van der Waals surface area contributed by atoms with E-state index in [2.05, 4.69) is 0 Å². The monoisotopic (exact) mass is 441 g/mol. The van der Waals surface area contributed by atoms with E-state index in [9.17, 15) is 14.4 Å². The minimum atomic E-state index is -1.02. The van der Waals surface area contributed by atoms with Gasteiger partial charge in [-0.05, 0) is 30.5 Å². The SMILES string of the molecule is CC(=O)OC1CC[C@@H](CN(Cc2ccccc2)OC(=O)c2ccccc2)OC1OC(C)=O. The zero-order valence-corrected chi connectivity index (χ0v) is 18.1. The number of rotatable bonds is 8. The molecule has 3 atom stereocenters. The van der Waals surface area contributed by atoms with Gasteiger partial charge in [-0.15, -0.1) is 5.06 Å². The second-order valence-electron chi connectivity index (χ2n) is 7.51. The molecule has 170 valence electrons. The fourth-order valence-corrected chi connectivity index (χ4v) is 3.45. The number of carbonyl (C=O) groups is 3. The molecule has 8 nitrogen and oxygen atoms in total. The average Bonchev–Trinajstić information content (AvgIpc) is 2.76. The van der Waals surface area contributed by atoms with Crippen LogP contribution < -0.4 is 0 Å². The van der Waals surface area contributed by atoms with Crippen LogP contribution >= 0.6 is 0 Å². The van der Waals surface area contributed by atoms with Crippen molar-refractivity contribution in [3.05, 3.63) is 71.8 Å². The highest BCUT2D eigenvalue weighted by atomic mass is 16.7. The zero-order chi connectivity index (χ0) is 22.9. The number of hydrogen-bond donors (Lipinski definition) is 0. The minimum absolute atomic E-state index is 0.248. The van der Waals surface area contributed by atoms with E-state index in [0.29, 0.717) is 24.9 Å². The van der Waals surface area contributed by atoms with Crippen molar-refractivity contribution in [1.29, 1.82) is 0 Å². The molecule has 0 aliphatic carbocycles. The maximum absolute atomic E-state index is 12.6. The van der Waals surface area contributed by atoms with E-state index in [4.69, 9.17) is 19.0 Å². The third kappa shape index (κ3) is 7.18. The van der Waals surface area contributed by atoms with Crippen LogP contribution in [0.4, 0.5) is 0 Å². The van der Waals surface area contributed by atoms with E-state index in [1.807, 2.05) is 36.4 Å². The van der Waals surface area contributed by atoms with Gasteiger partial charge in [0, 0.05) is 13.8 Å². The van der Waals surface area contributed by atoms with Crippen LogP contribution in [0.2, 0.25) is 0 Å². The summed E-state index contributed by atoms with van der Waals surface area (Å²) in [6, 6.07) is 18.3. The molecule has 0 spiro atoms. The second-order valence-corrected chi connectivity index (χ2v) is 7.51. The van der Waals surface area contributed by atoms with Gasteiger partial charge in [0.15, 0.2) is 6.10 Å². The molecule has 2 aromatic rings. The van der Waals surface area contributed by atoms with Crippen LogP contribution in [0.5, 0.6) is 0 Å². The number of esters is 2. The molecule has 2 aromatic carbocycles. The first-order valence-corrected chi connectivity index (χ1v) is 10.5. The van der Waals surface area contributed by atoms with Gasteiger partial charge in [-0.25, -0.2) is 4.79 Å². The fraction of sp³-hybridized carbons (Fsp3) is 0.375. The Morgan fingerprint density at radius 3 is 2.16 bits per heavy atom. The van der Waals surface area contributed by atoms with Crippen molar-refractivity contribution < 1.29 is 33.4 Å². The van der Waals surface area contributed by atoms with Crippen molar-refractivity contribution in [3.8, 4) is 0 Å². The Balaban J connectivity index is 1.70. The van der Waals surface area contributed by atoms with E-state index < -0.39 is 36.4 Å². The van der Waals surface area contributed by atoms with E-state index in [1.54, 1.807) is 24.3 Å². The summed E-state index contributed by atoms with van der Waals surface area (Å²) in [6.45, 7) is 3.16. The van der Waals surface area contributed by atoms with Gasteiger partial charge in [-0.3, -0.25) is 9.59 Å². The summed E-state index contributed by atoms with van der Waals surface area (Å²) >= 11 is 0. The predicted molar refractivity (Wildman–Crippen MR) is 114 cm³/mol. The second kappa shape index (κ2) is 11.4. The largest absolute Gasteiger partial charge is 0.456 e. The van der Waals surface area contributed by atoms with Gasteiger partial charge >= 0.3 is 17.9 Å². The molecule has 0 amide bonds. The van der Waals surface area contributed by atoms with Crippen LogP contribution in [0.1, 0.15) is 42.6 Å². The zero-order valence-electron chi connectivity index (χ0n) is 18.1. The summed E-state index contributed by atoms with van der Waals surface area (Å²) in [5.74, 6) is -1.49. The third-order valence-corrected chi connectivity index (χ3v) is 4.83. The quantitative estimate of drug-likeness (QED) is 0.455. The molecule has 0 radical (unpaired) electrons. The van der Waals surface area contributed by atoms with Crippen molar-refractivity contribution in [2.24, 2.45) is 0 Å². The van der Waals surface area contributed by atoms with Gasteiger partial charge < -0.3 is 19.0 Å². The van der Waals surface area contributed by atoms with Crippen LogP contribution in [-0.4, -0.2) is 48.0 Å². The molecule has 0 saturated carbocycles. The van der Waals surface area contributed by atoms with Crippen LogP contribution in [0, 0.1) is 0 Å². The number of hydrogen-bond acceptors (Lipinski definition) is 8. The van der Waals surface area contributed by atoms with Gasteiger partial charge in [-0.2, -0.15) is 0 Å². The minimum Gasteiger partial charge on any atom is -0.456 e. The van der Waals surface area contributed by atoms with Crippen LogP contribution in [0.3, 0.4) is 0 Å². The first-order valence-electron chi connectivity index (χ1n) is 10.5. The lowest BCUT2D eigenvalue weighted by atomic mass is 10.1. The maximum Gasteiger partial charge on any atom is 0.357 e. The highest BCUT2D eigenvalue weighted by molar-refractivity contribution is 5.89. The normalized spacial score (nSPS) is 20.4. The summed E-state index contributed by atoms with van der Waals surface area (Å²) in [4.78, 5) is 41.2. The predicted octanol–water partition coefficient (Wildman–Crippen LogP) is 3.26. The van der Waals surface area contributed by atoms with E-state index >= 15 is 0 Å². The first-order chi connectivity index (χ1) is 15.4. The van der Waals surface area contributed by atoms with Crippen molar-refractivity contribution in [1.82, 2.24) is 5.06 Å². The number of ether oxygens (including phenoxy) is 3. The molecule has 1 fully saturated rings. The number of hydroxylamine groups is 2. The topological polar surface area (TPSA) is 91.4 Å². The van der Waals surface area contributed by atoms with Crippen LogP contribution in [-0.2, 0) is 35.2 Å². The Kier molecular flexibility index (Phi) is 8.35. The lowest BCUT2D eigenvalue weighted by molar-refractivity contribution is -0.251. The Morgan fingerprint density at radius 1 is 0.906 bits per heavy atom. The molecular weight excluding hydrogens is 414 g/mol. The molecule has 0 bridgehead atoms. The first kappa shape index (κ1) is 23.4. The number of benzene rings is 2. The van der Waals surface area contributed by atoms with Crippen molar-refractivity contribution in [2.75, 3.05) is 6.54 Å². The molecule has 8 heteroatoms. The van der Waals surface area contributed by atoms with Gasteiger partial charge in [-0.1, -0.05) is 48.5 Å². The van der Waals surface area contributed by atoms with Crippen LogP contribution in [0.25, 0.3) is 0 Å². The van der Waals surface area contributed by atoms with Gasteiger partial charge in [0.2, 0.25) is 6.29 Å². The summed E-state index contributed by atoms with van der Waals surface area (Å²) in [5, 5.41) is 1.53. The Morgan fingerprint density at radius 2 is 1.53 bits per heavy atom. The molecule has 1 heterocycles. The fourth-order valence-electron chi connectivity index (χ4n) is 3.45. The molecule has 1 saturated heterocycles. The molecule has 32 heavy (non-hydrogen) atoms. The lowest BCUT2D eigenvalue weighted by Crippen LogP contribution is -2.47. The molecule has 0 aromatic heterocycles. The van der Waals surface area contributed by atoms with Crippen molar-refractivity contribution in [3.63, 3.8) is 0 Å².